The molecule has 1 aliphatic rings. The molecular weight excluding hydrogens is 596 g/mol. The zero-order valence-corrected chi connectivity index (χ0v) is 27.6. The second kappa shape index (κ2) is 14.6. The van der Waals surface area contributed by atoms with Crippen molar-refractivity contribution < 1.29 is 32.6 Å². The summed E-state index contributed by atoms with van der Waals surface area (Å²) < 4.78 is 41.0. The lowest BCUT2D eigenvalue weighted by molar-refractivity contribution is -0.116. The topological polar surface area (TPSA) is 101 Å². The van der Waals surface area contributed by atoms with Gasteiger partial charge in [-0.25, -0.2) is 13.6 Å². The molecule has 0 spiro atoms. The first-order valence-electron chi connectivity index (χ1n) is 15.2. The van der Waals surface area contributed by atoms with E-state index in [0.29, 0.717) is 6.42 Å². The zero-order valence-electron chi connectivity index (χ0n) is 26.6. The van der Waals surface area contributed by atoms with Crippen molar-refractivity contribution in [2.45, 2.75) is 76.2 Å². The number of rotatable bonds is 11. The van der Waals surface area contributed by atoms with Gasteiger partial charge in [0.15, 0.2) is 8.32 Å². The van der Waals surface area contributed by atoms with E-state index in [1.165, 1.54) is 23.2 Å². The molecule has 0 aliphatic carbocycles. The molecule has 3 aromatic rings. The number of hydrogen-bond donors (Lipinski definition) is 2. The SMILES string of the molecule is CC(C)(C)[Si](C)(C)OCC1COC(CCc2c(F)cncc2NC(=O)CC(c2ccccc2)c2ccc(F)cc2)CN1C(=O)O. The molecule has 8 nitrogen and oxygen atoms in total. The normalized spacial score (nSPS) is 18.0. The van der Waals surface area contributed by atoms with E-state index in [4.69, 9.17) is 9.16 Å². The van der Waals surface area contributed by atoms with Crippen LogP contribution in [0, 0.1) is 11.6 Å². The summed E-state index contributed by atoms with van der Waals surface area (Å²) in [7, 11) is -2.08. The molecule has 45 heavy (non-hydrogen) atoms. The molecule has 4 rings (SSSR count). The lowest BCUT2D eigenvalue weighted by atomic mass is 9.88. The molecule has 1 saturated heterocycles. The number of amides is 2. The summed E-state index contributed by atoms with van der Waals surface area (Å²) in [5, 5.41) is 12.7. The van der Waals surface area contributed by atoms with Gasteiger partial charge < -0.3 is 19.6 Å². The number of nitrogens with zero attached hydrogens (tertiary/aromatic N) is 2. The van der Waals surface area contributed by atoms with Gasteiger partial charge >= 0.3 is 6.09 Å². The van der Waals surface area contributed by atoms with Crippen molar-refractivity contribution in [3.63, 3.8) is 0 Å². The third-order valence-corrected chi connectivity index (χ3v) is 13.4. The van der Waals surface area contributed by atoms with E-state index in [-0.39, 0.29) is 66.5 Å². The number of anilines is 1. The van der Waals surface area contributed by atoms with Gasteiger partial charge in [-0.15, -0.1) is 0 Å². The summed E-state index contributed by atoms with van der Waals surface area (Å²) in [6.07, 6.45) is 1.58. The molecule has 1 aliphatic heterocycles. The molecule has 2 N–H and O–H groups in total. The van der Waals surface area contributed by atoms with E-state index in [0.717, 1.165) is 17.3 Å². The van der Waals surface area contributed by atoms with Crippen LogP contribution in [0.2, 0.25) is 18.1 Å². The van der Waals surface area contributed by atoms with Gasteiger partial charge in [-0.3, -0.25) is 14.7 Å². The second-order valence-electron chi connectivity index (χ2n) is 13.1. The van der Waals surface area contributed by atoms with Crippen LogP contribution >= 0.6 is 0 Å². The summed E-state index contributed by atoms with van der Waals surface area (Å²) >= 11 is 0. The number of carboxylic acid groups (broad SMARTS) is 1. The average molecular weight is 640 g/mol. The van der Waals surface area contributed by atoms with E-state index in [2.05, 4.69) is 44.2 Å². The van der Waals surface area contributed by atoms with Crippen molar-refractivity contribution in [3.8, 4) is 0 Å². The number of hydrogen-bond acceptors (Lipinski definition) is 5. The van der Waals surface area contributed by atoms with Crippen LogP contribution in [0.5, 0.6) is 0 Å². The van der Waals surface area contributed by atoms with Gasteiger partial charge in [0, 0.05) is 17.9 Å². The third kappa shape index (κ3) is 8.96. The first-order chi connectivity index (χ1) is 21.2. The Hall–Kier alpha value is -3.67. The first kappa shape index (κ1) is 34.2. The van der Waals surface area contributed by atoms with E-state index in [1.807, 2.05) is 30.3 Å². The fraction of sp³-hybridized carbons (Fsp3) is 0.441. The Labute approximate surface area is 264 Å². The number of carbonyl (C=O) groups is 2. The maximum Gasteiger partial charge on any atom is 0.407 e. The summed E-state index contributed by atoms with van der Waals surface area (Å²) in [5.74, 6) is -1.63. The highest BCUT2D eigenvalue weighted by Crippen LogP contribution is 2.37. The second-order valence-corrected chi connectivity index (χ2v) is 17.9. The van der Waals surface area contributed by atoms with Crippen molar-refractivity contribution >= 4 is 26.0 Å². The molecule has 1 fully saturated rings. The molecule has 11 heteroatoms. The Kier molecular flexibility index (Phi) is 11.1. The predicted octanol–water partition coefficient (Wildman–Crippen LogP) is 7.22. The van der Waals surface area contributed by atoms with Crippen LogP contribution in [-0.4, -0.2) is 67.2 Å². The molecule has 3 unspecified atom stereocenters. The maximum atomic E-state index is 15.1. The van der Waals surface area contributed by atoms with Gasteiger partial charge in [0.1, 0.15) is 11.6 Å². The Morgan fingerprint density at radius 2 is 1.76 bits per heavy atom. The third-order valence-electron chi connectivity index (χ3n) is 8.91. The van der Waals surface area contributed by atoms with Gasteiger partial charge in [0.05, 0.1) is 50.0 Å². The fourth-order valence-electron chi connectivity index (χ4n) is 5.15. The van der Waals surface area contributed by atoms with Gasteiger partial charge in [-0.05, 0) is 54.2 Å². The lowest BCUT2D eigenvalue weighted by Gasteiger charge is -2.41. The molecule has 0 saturated carbocycles. The average Bonchev–Trinajstić information content (AvgIpc) is 2.99. The molecule has 3 atom stereocenters. The minimum atomic E-state index is -2.08. The van der Waals surface area contributed by atoms with Gasteiger partial charge in [0.25, 0.3) is 0 Å². The molecule has 0 radical (unpaired) electrons. The van der Waals surface area contributed by atoms with Crippen molar-refractivity contribution in [1.82, 2.24) is 9.88 Å². The molecule has 0 bridgehead atoms. The number of benzene rings is 2. The number of carbonyl (C=O) groups excluding carboxylic acids is 1. The number of halogens is 2. The van der Waals surface area contributed by atoms with Crippen molar-refractivity contribution in [3.05, 3.63) is 95.3 Å². The van der Waals surface area contributed by atoms with Gasteiger partial charge in [0.2, 0.25) is 5.91 Å². The quantitative estimate of drug-likeness (QED) is 0.215. The van der Waals surface area contributed by atoms with Gasteiger partial charge in [-0.1, -0.05) is 63.2 Å². The highest BCUT2D eigenvalue weighted by Gasteiger charge is 2.40. The number of pyridine rings is 1. The molecule has 2 aromatic carbocycles. The summed E-state index contributed by atoms with van der Waals surface area (Å²) in [4.78, 5) is 30.7. The Morgan fingerprint density at radius 1 is 1.09 bits per heavy atom. The van der Waals surface area contributed by atoms with E-state index < -0.39 is 32.4 Å². The van der Waals surface area contributed by atoms with Crippen LogP contribution in [0.15, 0.2) is 67.0 Å². The Balaban J connectivity index is 1.41. The molecule has 242 valence electrons. The number of ether oxygens (including phenoxy) is 1. The monoisotopic (exact) mass is 639 g/mol. The van der Waals surface area contributed by atoms with Crippen LogP contribution in [-0.2, 0) is 20.4 Å². The van der Waals surface area contributed by atoms with Crippen LogP contribution in [0.25, 0.3) is 0 Å². The van der Waals surface area contributed by atoms with Crippen LogP contribution in [0.3, 0.4) is 0 Å². The Bertz CT molecular complexity index is 1450. The van der Waals surface area contributed by atoms with E-state index >= 15 is 4.39 Å². The minimum Gasteiger partial charge on any atom is -0.465 e. The summed E-state index contributed by atoms with van der Waals surface area (Å²) in [5.41, 5.74) is 2.19. The fourth-order valence-corrected chi connectivity index (χ4v) is 6.19. The molecule has 1 aromatic heterocycles. The minimum absolute atomic E-state index is 0.00965. The summed E-state index contributed by atoms with van der Waals surface area (Å²) in [6, 6.07) is 15.1. The van der Waals surface area contributed by atoms with Crippen LogP contribution < -0.4 is 5.32 Å². The number of aromatic nitrogens is 1. The van der Waals surface area contributed by atoms with Crippen molar-refractivity contribution in [1.29, 1.82) is 0 Å². The van der Waals surface area contributed by atoms with Crippen LogP contribution in [0.4, 0.5) is 19.3 Å². The predicted molar refractivity (Wildman–Crippen MR) is 172 cm³/mol. The van der Waals surface area contributed by atoms with Crippen molar-refractivity contribution in [2.75, 3.05) is 25.1 Å². The highest BCUT2D eigenvalue weighted by atomic mass is 28.4. The number of nitrogens with one attached hydrogen (secondary N) is 1. The molecule has 2 amide bonds. The van der Waals surface area contributed by atoms with E-state index in [9.17, 15) is 19.1 Å². The van der Waals surface area contributed by atoms with Gasteiger partial charge in [-0.2, -0.15) is 0 Å². The first-order valence-corrected chi connectivity index (χ1v) is 18.1. The highest BCUT2D eigenvalue weighted by molar-refractivity contribution is 6.74. The van der Waals surface area contributed by atoms with Crippen LogP contribution in [0.1, 0.15) is 56.2 Å². The smallest absolute Gasteiger partial charge is 0.407 e. The lowest BCUT2D eigenvalue weighted by Crippen LogP contribution is -2.55. The largest absolute Gasteiger partial charge is 0.465 e. The molecular formula is C34H43F2N3O5Si. The van der Waals surface area contributed by atoms with E-state index in [1.54, 1.807) is 12.1 Å². The van der Waals surface area contributed by atoms with Crippen molar-refractivity contribution in [2.24, 2.45) is 0 Å². The maximum absolute atomic E-state index is 15.1. The summed E-state index contributed by atoms with van der Waals surface area (Å²) in [6.45, 7) is 11.2. The zero-order chi connectivity index (χ0) is 32.8. The molecule has 2 heterocycles. The Morgan fingerprint density at radius 3 is 2.40 bits per heavy atom. The standard InChI is InChI=1S/C34H43F2N3O5Si/c1-34(2,3)45(4,5)44-22-26-21-43-27(20-39(26)33(41)42)15-16-28-30(36)18-37-19-31(28)38-32(40)17-29(23-9-7-6-8-10-23)24-11-13-25(35)14-12-24/h6-14,18-19,26-27,29H,15-17,20-22H2,1-5H3,(H,38,40)(H,41,42). The number of morpholine rings is 1.